The molecule has 0 aliphatic carbocycles. The van der Waals surface area contributed by atoms with Crippen LogP contribution in [0.25, 0.3) is 0 Å². The predicted octanol–water partition coefficient (Wildman–Crippen LogP) is 0.848. The van der Waals surface area contributed by atoms with Gasteiger partial charge in [-0.15, -0.1) is 0 Å². The Morgan fingerprint density at radius 2 is 1.95 bits per heavy atom. The average molecular weight is 273 g/mol. The molecule has 7 heteroatoms. The van der Waals surface area contributed by atoms with Crippen molar-refractivity contribution >= 4 is 17.6 Å². The summed E-state index contributed by atoms with van der Waals surface area (Å²) < 4.78 is 0. The molecule has 0 unspecified atom stereocenters. The highest BCUT2D eigenvalue weighted by atomic mass is 16.2. The molecule has 1 aromatic carbocycles. The maximum atomic E-state index is 11.5. The Labute approximate surface area is 115 Å². The standard InChI is InChI=1S/C13H15N5O2/c19-12(14-6-10-7-16-17-8-10)9-15-13(20)18-11-4-2-1-3-5-11/h1-5,7-8H,6,9H2,(H,14,19)(H,16,17)(H2,15,18,20). The molecule has 1 aromatic heterocycles. The second-order valence-electron chi connectivity index (χ2n) is 4.06. The number of carbonyl (C=O) groups is 2. The van der Waals surface area contributed by atoms with Crippen LogP contribution < -0.4 is 16.0 Å². The van der Waals surface area contributed by atoms with Crippen molar-refractivity contribution in [3.05, 3.63) is 48.3 Å². The van der Waals surface area contributed by atoms with Crippen molar-refractivity contribution in [2.24, 2.45) is 0 Å². The predicted molar refractivity (Wildman–Crippen MR) is 73.9 cm³/mol. The monoisotopic (exact) mass is 273 g/mol. The summed E-state index contributed by atoms with van der Waals surface area (Å²) in [5.74, 6) is -0.269. The van der Waals surface area contributed by atoms with Crippen molar-refractivity contribution in [2.45, 2.75) is 6.54 Å². The molecule has 20 heavy (non-hydrogen) atoms. The molecule has 1 heterocycles. The first-order valence-corrected chi connectivity index (χ1v) is 6.08. The number of aromatic amines is 1. The van der Waals surface area contributed by atoms with E-state index in [1.807, 2.05) is 18.2 Å². The van der Waals surface area contributed by atoms with Crippen LogP contribution in [0.4, 0.5) is 10.5 Å². The fourth-order valence-corrected chi connectivity index (χ4v) is 1.49. The van der Waals surface area contributed by atoms with E-state index >= 15 is 0 Å². The third kappa shape index (κ3) is 4.45. The number of nitrogens with one attached hydrogen (secondary N) is 4. The van der Waals surface area contributed by atoms with Crippen molar-refractivity contribution < 1.29 is 9.59 Å². The summed E-state index contributed by atoms with van der Waals surface area (Å²) in [6.45, 7) is 0.286. The molecule has 2 aromatic rings. The molecule has 0 bridgehead atoms. The van der Waals surface area contributed by atoms with Gasteiger partial charge in [0, 0.05) is 24.0 Å². The van der Waals surface area contributed by atoms with E-state index < -0.39 is 6.03 Å². The summed E-state index contributed by atoms with van der Waals surface area (Å²) in [7, 11) is 0. The van der Waals surface area contributed by atoms with Crippen LogP contribution in [0.1, 0.15) is 5.56 Å². The van der Waals surface area contributed by atoms with Gasteiger partial charge < -0.3 is 16.0 Å². The normalized spacial score (nSPS) is 9.80. The maximum absolute atomic E-state index is 11.5. The molecule has 104 valence electrons. The molecular weight excluding hydrogens is 258 g/mol. The molecule has 0 fully saturated rings. The first-order chi connectivity index (χ1) is 9.74. The number of anilines is 1. The minimum atomic E-state index is -0.422. The van der Waals surface area contributed by atoms with Crippen LogP contribution in [-0.2, 0) is 11.3 Å². The van der Waals surface area contributed by atoms with Gasteiger partial charge in [-0.2, -0.15) is 5.10 Å². The Bertz CT molecular complexity index is 553. The Kier molecular flexibility index (Phi) is 4.71. The van der Waals surface area contributed by atoms with Crippen LogP contribution in [0.3, 0.4) is 0 Å². The van der Waals surface area contributed by atoms with Crippen LogP contribution in [0.5, 0.6) is 0 Å². The number of aromatic nitrogens is 2. The Balaban J connectivity index is 1.66. The second kappa shape index (κ2) is 6.93. The summed E-state index contributed by atoms with van der Waals surface area (Å²) in [5, 5.41) is 14.2. The van der Waals surface area contributed by atoms with Gasteiger partial charge in [0.1, 0.15) is 0 Å². The van der Waals surface area contributed by atoms with E-state index in [1.165, 1.54) is 0 Å². The summed E-state index contributed by atoms with van der Waals surface area (Å²) in [6.07, 6.45) is 3.31. The van der Waals surface area contributed by atoms with Crippen molar-refractivity contribution in [1.82, 2.24) is 20.8 Å². The fourth-order valence-electron chi connectivity index (χ4n) is 1.49. The van der Waals surface area contributed by atoms with E-state index in [9.17, 15) is 9.59 Å². The van der Waals surface area contributed by atoms with Crippen molar-refractivity contribution in [1.29, 1.82) is 0 Å². The van der Waals surface area contributed by atoms with E-state index in [0.29, 0.717) is 12.2 Å². The zero-order valence-corrected chi connectivity index (χ0v) is 10.7. The number of carbonyl (C=O) groups excluding carboxylic acids is 2. The molecule has 0 aliphatic heterocycles. The first-order valence-electron chi connectivity index (χ1n) is 6.08. The maximum Gasteiger partial charge on any atom is 0.319 e. The van der Waals surface area contributed by atoms with Gasteiger partial charge in [-0.3, -0.25) is 9.89 Å². The first kappa shape index (κ1) is 13.6. The molecule has 0 saturated heterocycles. The van der Waals surface area contributed by atoms with Gasteiger partial charge >= 0.3 is 6.03 Å². The van der Waals surface area contributed by atoms with Crippen LogP contribution in [-0.4, -0.2) is 28.7 Å². The van der Waals surface area contributed by atoms with Gasteiger partial charge in [-0.25, -0.2) is 4.79 Å². The number of urea groups is 1. The van der Waals surface area contributed by atoms with Gasteiger partial charge in [-0.1, -0.05) is 18.2 Å². The molecule has 0 radical (unpaired) electrons. The highest BCUT2D eigenvalue weighted by Crippen LogP contribution is 2.03. The van der Waals surface area contributed by atoms with Gasteiger partial charge in [0.2, 0.25) is 5.91 Å². The van der Waals surface area contributed by atoms with E-state index in [2.05, 4.69) is 26.1 Å². The van der Waals surface area contributed by atoms with Gasteiger partial charge in [0.15, 0.2) is 0 Å². The molecule has 0 atom stereocenters. The average Bonchev–Trinajstić information content (AvgIpc) is 2.97. The molecule has 0 aliphatic rings. The van der Waals surface area contributed by atoms with Gasteiger partial charge in [-0.05, 0) is 12.1 Å². The molecule has 7 nitrogen and oxygen atoms in total. The van der Waals surface area contributed by atoms with Crippen LogP contribution in [0, 0.1) is 0 Å². The summed E-state index contributed by atoms with van der Waals surface area (Å²) in [4.78, 5) is 23.0. The van der Waals surface area contributed by atoms with Crippen molar-refractivity contribution in [3.63, 3.8) is 0 Å². The number of H-pyrrole nitrogens is 1. The molecule has 0 spiro atoms. The van der Waals surface area contributed by atoms with Gasteiger partial charge in [0.05, 0.1) is 12.7 Å². The highest BCUT2D eigenvalue weighted by Gasteiger charge is 2.05. The van der Waals surface area contributed by atoms with Crippen molar-refractivity contribution in [2.75, 3.05) is 11.9 Å². The number of nitrogens with zero attached hydrogens (tertiary/aromatic N) is 1. The zero-order valence-electron chi connectivity index (χ0n) is 10.7. The zero-order chi connectivity index (χ0) is 14.2. The minimum Gasteiger partial charge on any atom is -0.350 e. The number of rotatable bonds is 5. The summed E-state index contributed by atoms with van der Waals surface area (Å²) in [5.41, 5.74) is 1.54. The fraction of sp³-hybridized carbons (Fsp3) is 0.154. The number of para-hydroxylation sites is 1. The lowest BCUT2D eigenvalue weighted by Gasteiger charge is -2.07. The lowest BCUT2D eigenvalue weighted by Crippen LogP contribution is -2.38. The van der Waals surface area contributed by atoms with Crippen LogP contribution in [0.2, 0.25) is 0 Å². The topological polar surface area (TPSA) is 98.9 Å². The Hall–Kier alpha value is -2.83. The molecular formula is C13H15N5O2. The van der Waals surface area contributed by atoms with E-state index in [1.54, 1.807) is 24.5 Å². The van der Waals surface area contributed by atoms with Crippen molar-refractivity contribution in [3.8, 4) is 0 Å². The Morgan fingerprint density at radius 3 is 2.65 bits per heavy atom. The lowest BCUT2D eigenvalue weighted by molar-refractivity contribution is -0.120. The van der Waals surface area contributed by atoms with E-state index in [0.717, 1.165) is 5.56 Å². The lowest BCUT2D eigenvalue weighted by atomic mass is 10.3. The van der Waals surface area contributed by atoms with E-state index in [4.69, 9.17) is 0 Å². The number of benzene rings is 1. The quantitative estimate of drug-likeness (QED) is 0.650. The highest BCUT2D eigenvalue weighted by molar-refractivity contribution is 5.92. The minimum absolute atomic E-state index is 0.0868. The largest absolute Gasteiger partial charge is 0.350 e. The van der Waals surface area contributed by atoms with E-state index in [-0.39, 0.29) is 12.5 Å². The SMILES string of the molecule is O=C(CNC(=O)Nc1ccccc1)NCc1cn[nH]c1. The third-order valence-corrected chi connectivity index (χ3v) is 2.49. The molecule has 4 N–H and O–H groups in total. The second-order valence-corrected chi connectivity index (χ2v) is 4.06. The van der Waals surface area contributed by atoms with Gasteiger partial charge in [0.25, 0.3) is 0 Å². The number of hydrogen-bond donors (Lipinski definition) is 4. The molecule has 3 amide bonds. The van der Waals surface area contributed by atoms with Crippen LogP contribution >= 0.6 is 0 Å². The smallest absolute Gasteiger partial charge is 0.319 e. The number of amides is 3. The molecule has 0 saturated carbocycles. The van der Waals surface area contributed by atoms with Crippen LogP contribution in [0.15, 0.2) is 42.7 Å². The summed E-state index contributed by atoms with van der Waals surface area (Å²) in [6, 6.07) is 8.58. The molecule has 2 rings (SSSR count). The summed E-state index contributed by atoms with van der Waals surface area (Å²) >= 11 is 0. The number of hydrogen-bond acceptors (Lipinski definition) is 3. The third-order valence-electron chi connectivity index (χ3n) is 2.49. The Morgan fingerprint density at radius 1 is 1.15 bits per heavy atom.